The molecule has 0 bridgehead atoms. The van der Waals surface area contributed by atoms with Gasteiger partial charge in [0, 0.05) is 25.2 Å². The minimum absolute atomic E-state index is 0.0620. The predicted molar refractivity (Wildman–Crippen MR) is 107 cm³/mol. The molecule has 0 radical (unpaired) electrons. The van der Waals surface area contributed by atoms with E-state index in [1.165, 1.54) is 6.42 Å². The Bertz CT molecular complexity index is 844. The number of carbonyl (C=O) groups is 2. The van der Waals surface area contributed by atoms with Crippen LogP contribution in [0.1, 0.15) is 43.2 Å². The Kier molecular flexibility index (Phi) is 4.73. The Morgan fingerprint density at radius 1 is 1.11 bits per heavy atom. The summed E-state index contributed by atoms with van der Waals surface area (Å²) in [4.78, 5) is 27.6. The molecule has 1 atom stereocenters. The Labute approximate surface area is 160 Å². The van der Waals surface area contributed by atoms with Gasteiger partial charge in [0.15, 0.2) is 0 Å². The zero-order valence-electron chi connectivity index (χ0n) is 15.8. The lowest BCUT2D eigenvalue weighted by Gasteiger charge is -2.30. The number of amides is 2. The highest BCUT2D eigenvalue weighted by Crippen LogP contribution is 2.46. The van der Waals surface area contributed by atoms with E-state index < -0.39 is 5.41 Å². The second kappa shape index (κ2) is 7.18. The first-order valence-electron chi connectivity index (χ1n) is 9.81. The van der Waals surface area contributed by atoms with Gasteiger partial charge < -0.3 is 10.2 Å². The number of para-hydroxylation sites is 1. The third-order valence-corrected chi connectivity index (χ3v) is 6.09. The van der Waals surface area contributed by atoms with Crippen LogP contribution >= 0.6 is 0 Å². The highest BCUT2D eigenvalue weighted by atomic mass is 16.2. The lowest BCUT2D eigenvalue weighted by atomic mass is 9.73. The number of carbonyl (C=O) groups excluding carboxylic acids is 2. The molecule has 1 aliphatic heterocycles. The quantitative estimate of drug-likeness (QED) is 0.854. The first-order chi connectivity index (χ1) is 13.1. The van der Waals surface area contributed by atoms with E-state index in [1.807, 2.05) is 49.5 Å². The molecule has 1 saturated carbocycles. The van der Waals surface area contributed by atoms with Gasteiger partial charge in [0.25, 0.3) is 0 Å². The average molecular weight is 362 g/mol. The molecule has 1 fully saturated rings. The summed E-state index contributed by atoms with van der Waals surface area (Å²) < 4.78 is 0. The maximum atomic E-state index is 13.4. The van der Waals surface area contributed by atoms with Crippen molar-refractivity contribution in [3.8, 4) is 0 Å². The maximum Gasteiger partial charge on any atom is 0.237 e. The van der Waals surface area contributed by atoms with Crippen LogP contribution in [0.25, 0.3) is 0 Å². The second-order valence-corrected chi connectivity index (χ2v) is 7.82. The highest BCUT2D eigenvalue weighted by Gasteiger charge is 2.49. The summed E-state index contributed by atoms with van der Waals surface area (Å²) in [6, 6.07) is 18.4. The van der Waals surface area contributed by atoms with Crippen molar-refractivity contribution in [1.29, 1.82) is 0 Å². The van der Waals surface area contributed by atoms with Gasteiger partial charge in [-0.2, -0.15) is 0 Å². The smallest absolute Gasteiger partial charge is 0.237 e. The van der Waals surface area contributed by atoms with Crippen molar-refractivity contribution in [3.63, 3.8) is 0 Å². The Morgan fingerprint density at radius 3 is 2.52 bits per heavy atom. The van der Waals surface area contributed by atoms with Crippen LogP contribution in [0.15, 0.2) is 54.6 Å². The molecule has 2 aromatic carbocycles. The Morgan fingerprint density at radius 2 is 1.81 bits per heavy atom. The number of anilines is 1. The number of nitrogens with zero attached hydrogens (tertiary/aromatic N) is 1. The van der Waals surface area contributed by atoms with Gasteiger partial charge in [-0.1, -0.05) is 48.5 Å². The van der Waals surface area contributed by atoms with Gasteiger partial charge in [-0.3, -0.25) is 9.59 Å². The fraction of sp³-hybridized carbons (Fsp3) is 0.391. The minimum Gasteiger partial charge on any atom is -0.353 e. The summed E-state index contributed by atoms with van der Waals surface area (Å²) >= 11 is 0. The Hall–Kier alpha value is -2.62. The van der Waals surface area contributed by atoms with E-state index in [2.05, 4.69) is 17.4 Å². The summed E-state index contributed by atoms with van der Waals surface area (Å²) in [6.07, 6.45) is 4.86. The molecular weight excluding hydrogens is 336 g/mol. The van der Waals surface area contributed by atoms with E-state index in [0.717, 1.165) is 29.7 Å². The molecule has 140 valence electrons. The van der Waals surface area contributed by atoms with Crippen molar-refractivity contribution in [2.24, 2.45) is 0 Å². The number of benzene rings is 2. The van der Waals surface area contributed by atoms with Crippen LogP contribution in [-0.2, 0) is 21.4 Å². The van der Waals surface area contributed by atoms with Crippen molar-refractivity contribution in [3.05, 3.63) is 65.7 Å². The highest BCUT2D eigenvalue weighted by molar-refractivity contribution is 6.08. The van der Waals surface area contributed by atoms with Gasteiger partial charge in [0.05, 0.1) is 5.41 Å². The number of nitrogens with one attached hydrogen (secondary N) is 1. The number of rotatable bonds is 6. The molecule has 2 amide bonds. The van der Waals surface area contributed by atoms with Crippen molar-refractivity contribution in [1.82, 2.24) is 5.32 Å². The van der Waals surface area contributed by atoms with Crippen molar-refractivity contribution < 1.29 is 9.59 Å². The molecule has 4 nitrogen and oxygen atoms in total. The standard InChI is InChI=1S/C23H26N2O2/c1-25-20-13-6-5-12-19(20)23(22(25)27,16-17-8-3-2-4-9-17)15-14-21(26)24-18-10-7-11-18/h2-6,8-9,12-13,18H,7,10-11,14-16H2,1H3,(H,24,26)/t23-/m0/s1. The van der Waals surface area contributed by atoms with Crippen LogP contribution in [-0.4, -0.2) is 24.9 Å². The van der Waals surface area contributed by atoms with Crippen molar-refractivity contribution in [2.75, 3.05) is 11.9 Å². The van der Waals surface area contributed by atoms with Gasteiger partial charge in [-0.25, -0.2) is 0 Å². The van der Waals surface area contributed by atoms with Gasteiger partial charge in [-0.05, 0) is 49.3 Å². The SMILES string of the molecule is CN1C(=O)[C@@](CCC(=O)NC2CCC2)(Cc2ccccc2)c2ccccc21. The van der Waals surface area contributed by atoms with E-state index in [0.29, 0.717) is 25.3 Å². The topological polar surface area (TPSA) is 49.4 Å². The molecule has 4 rings (SSSR count). The lowest BCUT2D eigenvalue weighted by molar-refractivity contribution is -0.125. The van der Waals surface area contributed by atoms with Crippen LogP contribution in [0.5, 0.6) is 0 Å². The molecule has 4 heteroatoms. The van der Waals surface area contributed by atoms with Crippen LogP contribution in [0.4, 0.5) is 5.69 Å². The van der Waals surface area contributed by atoms with Crippen LogP contribution in [0.3, 0.4) is 0 Å². The average Bonchev–Trinajstić information content (AvgIpc) is 2.87. The zero-order chi connectivity index (χ0) is 18.9. The van der Waals surface area contributed by atoms with Crippen LogP contribution in [0, 0.1) is 0 Å². The van der Waals surface area contributed by atoms with Gasteiger partial charge in [-0.15, -0.1) is 0 Å². The zero-order valence-corrected chi connectivity index (χ0v) is 15.8. The van der Waals surface area contributed by atoms with E-state index in [4.69, 9.17) is 0 Å². The molecule has 1 N–H and O–H groups in total. The fourth-order valence-corrected chi connectivity index (χ4v) is 4.34. The number of likely N-dealkylation sites (N-methyl/N-ethyl adjacent to an activating group) is 1. The third kappa shape index (κ3) is 3.25. The predicted octanol–water partition coefficient (Wildman–Crippen LogP) is 3.59. The lowest BCUT2D eigenvalue weighted by Crippen LogP contribution is -2.43. The molecule has 2 aromatic rings. The van der Waals surface area contributed by atoms with E-state index in [1.54, 1.807) is 4.90 Å². The summed E-state index contributed by atoms with van der Waals surface area (Å²) in [6.45, 7) is 0. The van der Waals surface area contributed by atoms with Crippen LogP contribution < -0.4 is 10.2 Å². The number of hydrogen-bond acceptors (Lipinski definition) is 2. The van der Waals surface area contributed by atoms with Gasteiger partial charge >= 0.3 is 0 Å². The van der Waals surface area contributed by atoms with E-state index in [9.17, 15) is 9.59 Å². The first-order valence-corrected chi connectivity index (χ1v) is 9.81. The molecule has 0 aromatic heterocycles. The third-order valence-electron chi connectivity index (χ3n) is 6.09. The number of fused-ring (bicyclic) bond motifs is 1. The van der Waals surface area contributed by atoms with Gasteiger partial charge in [0.1, 0.15) is 0 Å². The number of hydrogen-bond donors (Lipinski definition) is 1. The Balaban J connectivity index is 1.63. The molecular formula is C23H26N2O2. The fourth-order valence-electron chi connectivity index (χ4n) is 4.34. The van der Waals surface area contributed by atoms with E-state index in [-0.39, 0.29) is 11.8 Å². The van der Waals surface area contributed by atoms with Gasteiger partial charge in [0.2, 0.25) is 11.8 Å². The minimum atomic E-state index is -0.677. The summed E-state index contributed by atoms with van der Waals surface area (Å²) in [7, 11) is 1.84. The maximum absolute atomic E-state index is 13.4. The molecule has 2 aliphatic rings. The molecule has 0 unspecified atom stereocenters. The summed E-state index contributed by atoms with van der Waals surface area (Å²) in [5.41, 5.74) is 2.44. The molecule has 27 heavy (non-hydrogen) atoms. The van der Waals surface area contributed by atoms with Crippen molar-refractivity contribution >= 4 is 17.5 Å². The molecule has 1 heterocycles. The van der Waals surface area contributed by atoms with E-state index >= 15 is 0 Å². The first kappa shape index (κ1) is 17.8. The largest absolute Gasteiger partial charge is 0.353 e. The van der Waals surface area contributed by atoms with Crippen molar-refractivity contribution in [2.45, 2.75) is 50.0 Å². The monoisotopic (exact) mass is 362 g/mol. The summed E-state index contributed by atoms with van der Waals surface area (Å²) in [5, 5.41) is 3.11. The molecule has 1 aliphatic carbocycles. The van der Waals surface area contributed by atoms with Crippen LogP contribution in [0.2, 0.25) is 0 Å². The molecule has 0 saturated heterocycles. The summed E-state index contributed by atoms with van der Waals surface area (Å²) in [5.74, 6) is 0.149. The second-order valence-electron chi connectivity index (χ2n) is 7.82. The molecule has 0 spiro atoms. The normalized spacial score (nSPS) is 21.7.